The Bertz CT molecular complexity index is 1090. The molecular weight excluding hydrogens is 438 g/mol. The Balaban J connectivity index is 1.48. The molecule has 1 atom stereocenters. The third-order valence-electron chi connectivity index (χ3n) is 6.45. The predicted molar refractivity (Wildman–Crippen MR) is 138 cm³/mol. The van der Waals surface area contributed by atoms with Gasteiger partial charge in [0.1, 0.15) is 5.75 Å². The van der Waals surface area contributed by atoms with E-state index in [0.29, 0.717) is 11.7 Å². The summed E-state index contributed by atoms with van der Waals surface area (Å²) in [4.78, 5) is 17.1. The summed E-state index contributed by atoms with van der Waals surface area (Å²) in [5, 5.41) is 13.7. The number of benzene rings is 3. The van der Waals surface area contributed by atoms with E-state index in [4.69, 9.17) is 19.8 Å². The minimum Gasteiger partial charge on any atom is -0.482 e. The van der Waals surface area contributed by atoms with Gasteiger partial charge in [0.05, 0.1) is 5.71 Å². The number of rotatable bonds is 11. The van der Waals surface area contributed by atoms with Crippen molar-refractivity contribution < 1.29 is 19.5 Å². The zero-order valence-electron chi connectivity index (χ0n) is 20.2. The highest BCUT2D eigenvalue weighted by atomic mass is 16.6. The summed E-state index contributed by atoms with van der Waals surface area (Å²) in [6.07, 6.45) is 5.40. The first kappa shape index (κ1) is 24.5. The summed E-state index contributed by atoms with van der Waals surface area (Å²) in [5.41, 5.74) is 5.64. The Morgan fingerprint density at radius 3 is 2.31 bits per heavy atom. The number of carbonyl (C=O) groups is 1. The molecule has 5 nitrogen and oxygen atoms in total. The van der Waals surface area contributed by atoms with Crippen LogP contribution in [0.4, 0.5) is 0 Å². The van der Waals surface area contributed by atoms with Gasteiger partial charge >= 0.3 is 5.97 Å². The largest absolute Gasteiger partial charge is 0.482 e. The van der Waals surface area contributed by atoms with Gasteiger partial charge in [-0.2, -0.15) is 0 Å². The van der Waals surface area contributed by atoms with Gasteiger partial charge in [0, 0.05) is 0 Å². The van der Waals surface area contributed by atoms with Crippen LogP contribution < -0.4 is 4.74 Å². The summed E-state index contributed by atoms with van der Waals surface area (Å²) < 4.78 is 5.53. The zero-order chi connectivity index (χ0) is 24.5. The van der Waals surface area contributed by atoms with Gasteiger partial charge in [-0.15, -0.1) is 0 Å². The average Bonchev–Trinajstić information content (AvgIpc) is 2.88. The van der Waals surface area contributed by atoms with E-state index in [9.17, 15) is 4.79 Å². The van der Waals surface area contributed by atoms with Crippen molar-refractivity contribution in [2.45, 2.75) is 51.6 Å². The third-order valence-corrected chi connectivity index (χ3v) is 6.45. The number of carboxylic acids is 1. The molecule has 0 aromatic heterocycles. The fraction of sp³-hybridized carbons (Fsp3) is 0.333. The molecule has 0 bridgehead atoms. The molecule has 0 heterocycles. The smallest absolute Gasteiger partial charge is 0.341 e. The van der Waals surface area contributed by atoms with Crippen molar-refractivity contribution in [2.75, 3.05) is 6.61 Å². The maximum atomic E-state index is 10.9. The van der Waals surface area contributed by atoms with Crippen LogP contribution in [0.2, 0.25) is 0 Å². The second-order valence-corrected chi connectivity index (χ2v) is 9.10. The van der Waals surface area contributed by atoms with Crippen LogP contribution in [-0.4, -0.2) is 23.4 Å². The Morgan fingerprint density at radius 1 is 1.00 bits per heavy atom. The lowest BCUT2D eigenvalue weighted by atomic mass is 9.80. The molecule has 0 amide bonds. The molecule has 1 aliphatic carbocycles. The van der Waals surface area contributed by atoms with Crippen LogP contribution in [0.15, 0.2) is 84.0 Å². The van der Waals surface area contributed by atoms with Crippen LogP contribution in [0.25, 0.3) is 0 Å². The van der Waals surface area contributed by atoms with Gasteiger partial charge in [-0.05, 0) is 66.3 Å². The molecule has 0 fully saturated rings. The normalized spacial score (nSPS) is 15.5. The number of fused-ring (bicyclic) bond motifs is 1. The standard InChI is InChI=1S/C30H33NO4/c1-2-10-26(31-35-30(23-11-5-3-6-12-23)24-13-7-4-8-14-24)20-22-17-18-27-25(19-22)15-9-16-28(27)34-21-29(32)33/h3-9,11-16,22,30H,2,10,17-21H2,1H3,(H,32,33)/b31-26+/t22-/m0/s1. The summed E-state index contributed by atoms with van der Waals surface area (Å²) in [6.45, 7) is 1.86. The molecule has 5 heteroatoms. The summed E-state index contributed by atoms with van der Waals surface area (Å²) in [7, 11) is 0. The monoisotopic (exact) mass is 471 g/mol. The number of aliphatic carboxylic acids is 1. The number of hydrogen-bond donors (Lipinski definition) is 1. The molecule has 0 radical (unpaired) electrons. The van der Waals surface area contributed by atoms with Crippen LogP contribution in [0.1, 0.15) is 61.0 Å². The van der Waals surface area contributed by atoms with E-state index in [0.717, 1.165) is 60.9 Å². The lowest BCUT2D eigenvalue weighted by molar-refractivity contribution is -0.139. The van der Waals surface area contributed by atoms with Gasteiger partial charge in [-0.1, -0.05) is 91.3 Å². The fourth-order valence-corrected chi connectivity index (χ4v) is 4.80. The quantitative estimate of drug-likeness (QED) is 0.252. The molecule has 1 aliphatic rings. The van der Waals surface area contributed by atoms with E-state index in [-0.39, 0.29) is 12.7 Å². The Morgan fingerprint density at radius 2 is 1.69 bits per heavy atom. The van der Waals surface area contributed by atoms with Gasteiger partial charge in [-0.25, -0.2) is 4.79 Å². The number of oxime groups is 1. The van der Waals surface area contributed by atoms with E-state index in [2.05, 4.69) is 37.3 Å². The van der Waals surface area contributed by atoms with Gasteiger partial charge in [0.2, 0.25) is 0 Å². The molecule has 3 aromatic rings. The van der Waals surface area contributed by atoms with E-state index < -0.39 is 5.97 Å². The Hall–Kier alpha value is -3.60. The van der Waals surface area contributed by atoms with Crippen molar-refractivity contribution >= 4 is 11.7 Å². The van der Waals surface area contributed by atoms with Crippen molar-refractivity contribution in [3.63, 3.8) is 0 Å². The van der Waals surface area contributed by atoms with Crippen molar-refractivity contribution in [3.8, 4) is 5.75 Å². The molecule has 0 saturated carbocycles. The molecule has 35 heavy (non-hydrogen) atoms. The second kappa shape index (κ2) is 12.2. The van der Waals surface area contributed by atoms with Crippen LogP contribution in [0.3, 0.4) is 0 Å². The third kappa shape index (κ3) is 6.72. The van der Waals surface area contributed by atoms with E-state index in [1.807, 2.05) is 48.5 Å². The summed E-state index contributed by atoms with van der Waals surface area (Å²) >= 11 is 0. The van der Waals surface area contributed by atoms with E-state index in [1.165, 1.54) is 5.56 Å². The maximum absolute atomic E-state index is 10.9. The van der Waals surface area contributed by atoms with Crippen molar-refractivity contribution in [3.05, 3.63) is 101 Å². The molecule has 0 unspecified atom stereocenters. The molecule has 3 aromatic carbocycles. The number of ether oxygens (including phenoxy) is 1. The second-order valence-electron chi connectivity index (χ2n) is 9.10. The number of carboxylic acid groups (broad SMARTS) is 1. The molecular formula is C30H33NO4. The minimum atomic E-state index is -0.957. The van der Waals surface area contributed by atoms with Gasteiger partial charge in [0.15, 0.2) is 12.7 Å². The van der Waals surface area contributed by atoms with Crippen LogP contribution in [0, 0.1) is 5.92 Å². The summed E-state index contributed by atoms with van der Waals surface area (Å²) in [5.74, 6) is 0.210. The molecule has 4 rings (SSSR count). The van der Waals surface area contributed by atoms with Crippen molar-refractivity contribution in [2.24, 2.45) is 11.1 Å². The van der Waals surface area contributed by atoms with Crippen LogP contribution in [0.5, 0.6) is 5.75 Å². The zero-order valence-corrected chi connectivity index (χ0v) is 20.2. The topological polar surface area (TPSA) is 68.1 Å². The molecule has 0 spiro atoms. The first-order valence-corrected chi connectivity index (χ1v) is 12.4. The maximum Gasteiger partial charge on any atom is 0.341 e. The summed E-state index contributed by atoms with van der Waals surface area (Å²) in [6, 6.07) is 26.4. The lowest BCUT2D eigenvalue weighted by Crippen LogP contribution is -2.19. The SMILES string of the molecule is CCC/C(C[C@H]1CCc2c(cccc2OCC(=O)O)C1)=N\OC(c1ccccc1)c1ccccc1. The van der Waals surface area contributed by atoms with Gasteiger partial charge in [0.25, 0.3) is 0 Å². The fourth-order valence-electron chi connectivity index (χ4n) is 4.80. The van der Waals surface area contributed by atoms with E-state index >= 15 is 0 Å². The predicted octanol–water partition coefficient (Wildman–Crippen LogP) is 6.61. The lowest BCUT2D eigenvalue weighted by Gasteiger charge is -2.26. The highest BCUT2D eigenvalue weighted by Gasteiger charge is 2.23. The van der Waals surface area contributed by atoms with Crippen LogP contribution in [-0.2, 0) is 22.5 Å². The first-order valence-electron chi connectivity index (χ1n) is 12.4. The molecule has 0 aliphatic heterocycles. The highest BCUT2D eigenvalue weighted by Crippen LogP contribution is 2.34. The van der Waals surface area contributed by atoms with Crippen LogP contribution >= 0.6 is 0 Å². The Labute approximate surface area is 207 Å². The van der Waals surface area contributed by atoms with Gasteiger partial charge < -0.3 is 14.7 Å². The Kier molecular flexibility index (Phi) is 8.55. The average molecular weight is 472 g/mol. The number of hydrogen-bond acceptors (Lipinski definition) is 4. The molecule has 0 saturated heterocycles. The van der Waals surface area contributed by atoms with Crippen molar-refractivity contribution in [1.29, 1.82) is 0 Å². The first-order chi connectivity index (χ1) is 17.1. The molecule has 182 valence electrons. The van der Waals surface area contributed by atoms with Gasteiger partial charge in [-0.3, -0.25) is 0 Å². The minimum absolute atomic E-state index is 0.245. The highest BCUT2D eigenvalue weighted by molar-refractivity contribution is 5.84. The number of nitrogens with zero attached hydrogens (tertiary/aromatic N) is 1. The van der Waals surface area contributed by atoms with E-state index in [1.54, 1.807) is 0 Å². The van der Waals surface area contributed by atoms with Crippen molar-refractivity contribution in [1.82, 2.24) is 0 Å². The molecule has 1 N–H and O–H groups in total.